The molecule has 0 bridgehead atoms. The highest BCUT2D eigenvalue weighted by Crippen LogP contribution is 2.21. The van der Waals surface area contributed by atoms with Gasteiger partial charge in [-0.2, -0.15) is 0 Å². The van der Waals surface area contributed by atoms with E-state index in [1.54, 1.807) is 11.8 Å². The molecule has 0 amide bonds. The van der Waals surface area contributed by atoms with Crippen LogP contribution in [0.5, 0.6) is 0 Å². The lowest BCUT2D eigenvalue weighted by molar-refractivity contribution is -0.139. The van der Waals surface area contributed by atoms with Crippen molar-refractivity contribution in [2.45, 2.75) is 36.6 Å². The molecule has 2 rings (SSSR count). The van der Waals surface area contributed by atoms with Crippen molar-refractivity contribution in [3.8, 4) is 0 Å². The third kappa shape index (κ3) is 4.25. The molecule has 2 N–H and O–H groups in total. The van der Waals surface area contributed by atoms with Gasteiger partial charge in [0.1, 0.15) is 6.04 Å². The smallest absolute Gasteiger partial charge is 0.320 e. The molecular weight excluding hydrogens is 258 g/mol. The number of carbonyl (C=O) groups is 1. The summed E-state index contributed by atoms with van der Waals surface area (Å²) < 4.78 is 0. The summed E-state index contributed by atoms with van der Waals surface area (Å²) in [6.45, 7) is 0.850. The summed E-state index contributed by atoms with van der Waals surface area (Å²) in [5.74, 6) is -0.193. The van der Waals surface area contributed by atoms with E-state index in [0.29, 0.717) is 5.92 Å². The Labute approximate surface area is 118 Å². The minimum absolute atomic E-state index is 0.328. The van der Waals surface area contributed by atoms with Gasteiger partial charge in [-0.05, 0) is 62.1 Å². The standard InChI is InChI=1S/C15H21NO2S/c1-19-13-7-5-11(6-8-13)3-2-4-12-9-14(15(17)18)16-10-12/h5-8,12,14,16H,2-4,9-10H2,1H3,(H,17,18)/t12-,14-/m0/s1. The first-order valence-electron chi connectivity index (χ1n) is 6.78. The lowest BCUT2D eigenvalue weighted by Gasteiger charge is -2.08. The third-order valence-electron chi connectivity index (χ3n) is 3.76. The van der Waals surface area contributed by atoms with Crippen molar-refractivity contribution in [1.29, 1.82) is 0 Å². The van der Waals surface area contributed by atoms with Crippen molar-refractivity contribution < 1.29 is 9.90 Å². The molecule has 0 aromatic heterocycles. The lowest BCUT2D eigenvalue weighted by atomic mass is 9.97. The number of hydrogen-bond acceptors (Lipinski definition) is 3. The van der Waals surface area contributed by atoms with Gasteiger partial charge in [-0.3, -0.25) is 4.79 Å². The molecule has 1 saturated heterocycles. The van der Waals surface area contributed by atoms with Gasteiger partial charge in [0.25, 0.3) is 0 Å². The van der Waals surface area contributed by atoms with Gasteiger partial charge in [0.2, 0.25) is 0 Å². The number of thioether (sulfide) groups is 1. The van der Waals surface area contributed by atoms with Crippen molar-refractivity contribution in [3.63, 3.8) is 0 Å². The Morgan fingerprint density at radius 2 is 2.16 bits per heavy atom. The SMILES string of the molecule is CSc1ccc(CCC[C@@H]2CN[C@H](C(=O)O)C2)cc1. The van der Waals surface area contributed by atoms with Crippen LogP contribution < -0.4 is 5.32 Å². The van der Waals surface area contributed by atoms with Gasteiger partial charge in [-0.15, -0.1) is 11.8 Å². The van der Waals surface area contributed by atoms with Gasteiger partial charge in [0.15, 0.2) is 0 Å². The molecule has 0 unspecified atom stereocenters. The molecular formula is C15H21NO2S. The lowest BCUT2D eigenvalue weighted by Crippen LogP contribution is -2.29. The summed E-state index contributed by atoms with van der Waals surface area (Å²) in [7, 11) is 0. The Kier molecular flexibility index (Phi) is 5.28. The Morgan fingerprint density at radius 3 is 2.74 bits per heavy atom. The molecule has 1 aromatic carbocycles. The van der Waals surface area contributed by atoms with Crippen molar-refractivity contribution >= 4 is 17.7 Å². The fourth-order valence-corrected chi connectivity index (χ4v) is 3.01. The predicted molar refractivity (Wildman–Crippen MR) is 78.7 cm³/mol. The number of nitrogens with one attached hydrogen (secondary N) is 1. The quantitative estimate of drug-likeness (QED) is 0.786. The van der Waals surface area contributed by atoms with E-state index >= 15 is 0 Å². The van der Waals surface area contributed by atoms with E-state index in [-0.39, 0.29) is 6.04 Å². The summed E-state index contributed by atoms with van der Waals surface area (Å²) in [5, 5.41) is 12.0. The third-order valence-corrected chi connectivity index (χ3v) is 4.50. The van der Waals surface area contributed by atoms with Gasteiger partial charge < -0.3 is 10.4 Å². The highest BCUT2D eigenvalue weighted by Gasteiger charge is 2.28. The van der Waals surface area contributed by atoms with Gasteiger partial charge in [0.05, 0.1) is 0 Å². The fraction of sp³-hybridized carbons (Fsp3) is 0.533. The molecule has 2 atom stereocenters. The second-order valence-electron chi connectivity index (χ2n) is 5.14. The zero-order valence-electron chi connectivity index (χ0n) is 11.3. The summed E-state index contributed by atoms with van der Waals surface area (Å²) in [6, 6.07) is 8.39. The molecule has 1 heterocycles. The maximum atomic E-state index is 10.8. The number of rotatable bonds is 6. The molecule has 0 spiro atoms. The second-order valence-corrected chi connectivity index (χ2v) is 6.02. The van der Waals surface area contributed by atoms with Gasteiger partial charge in [-0.25, -0.2) is 0 Å². The molecule has 1 aromatic rings. The summed E-state index contributed by atoms with van der Waals surface area (Å²) in [4.78, 5) is 12.1. The van der Waals surface area contributed by atoms with Crippen molar-refractivity contribution in [2.75, 3.05) is 12.8 Å². The van der Waals surface area contributed by atoms with Crippen LogP contribution in [-0.2, 0) is 11.2 Å². The van der Waals surface area contributed by atoms with Crippen LogP contribution in [0.2, 0.25) is 0 Å². The predicted octanol–water partition coefficient (Wildman–Crippen LogP) is 2.79. The fourth-order valence-electron chi connectivity index (χ4n) is 2.60. The minimum Gasteiger partial charge on any atom is -0.480 e. The Morgan fingerprint density at radius 1 is 1.42 bits per heavy atom. The van der Waals surface area contributed by atoms with Gasteiger partial charge in [0, 0.05) is 4.90 Å². The minimum atomic E-state index is -0.713. The van der Waals surface area contributed by atoms with E-state index in [2.05, 4.69) is 35.8 Å². The van der Waals surface area contributed by atoms with Crippen LogP contribution in [0.1, 0.15) is 24.8 Å². The van der Waals surface area contributed by atoms with E-state index in [9.17, 15) is 4.79 Å². The highest BCUT2D eigenvalue weighted by molar-refractivity contribution is 7.98. The van der Waals surface area contributed by atoms with Crippen molar-refractivity contribution in [1.82, 2.24) is 5.32 Å². The molecule has 1 fully saturated rings. The molecule has 1 aliphatic heterocycles. The topological polar surface area (TPSA) is 49.3 Å². The molecule has 0 saturated carbocycles. The highest BCUT2D eigenvalue weighted by atomic mass is 32.2. The summed E-state index contributed by atoms with van der Waals surface area (Å²) in [6.07, 6.45) is 6.20. The zero-order valence-corrected chi connectivity index (χ0v) is 12.1. The number of carboxylic acids is 1. The molecule has 0 aliphatic carbocycles. The van der Waals surface area contributed by atoms with E-state index in [1.807, 2.05) is 0 Å². The largest absolute Gasteiger partial charge is 0.480 e. The number of aryl methyl sites for hydroxylation is 1. The average Bonchev–Trinajstić information content (AvgIpc) is 2.89. The normalized spacial score (nSPS) is 22.6. The molecule has 3 nitrogen and oxygen atoms in total. The monoisotopic (exact) mass is 279 g/mol. The maximum Gasteiger partial charge on any atom is 0.320 e. The van der Waals surface area contributed by atoms with Crippen molar-refractivity contribution in [2.24, 2.45) is 5.92 Å². The Hall–Kier alpha value is -1.00. The average molecular weight is 279 g/mol. The van der Waals surface area contributed by atoms with Crippen LogP contribution in [0.3, 0.4) is 0 Å². The molecule has 4 heteroatoms. The van der Waals surface area contributed by atoms with Gasteiger partial charge in [-0.1, -0.05) is 12.1 Å². The number of carboxylic acid groups (broad SMARTS) is 1. The Bertz CT molecular complexity index is 419. The first kappa shape index (κ1) is 14.4. The number of benzene rings is 1. The summed E-state index contributed by atoms with van der Waals surface area (Å²) >= 11 is 1.76. The maximum absolute atomic E-state index is 10.8. The Balaban J connectivity index is 1.70. The number of aliphatic carboxylic acids is 1. The van der Waals surface area contributed by atoms with Crippen molar-refractivity contribution in [3.05, 3.63) is 29.8 Å². The molecule has 1 aliphatic rings. The van der Waals surface area contributed by atoms with E-state index in [0.717, 1.165) is 32.2 Å². The van der Waals surface area contributed by atoms with Gasteiger partial charge >= 0.3 is 5.97 Å². The zero-order chi connectivity index (χ0) is 13.7. The van der Waals surface area contributed by atoms with Crippen LogP contribution in [0.25, 0.3) is 0 Å². The molecule has 19 heavy (non-hydrogen) atoms. The first-order chi connectivity index (χ1) is 9.19. The van der Waals surface area contributed by atoms with E-state index in [1.165, 1.54) is 10.5 Å². The van der Waals surface area contributed by atoms with E-state index in [4.69, 9.17) is 5.11 Å². The van der Waals surface area contributed by atoms with Crippen LogP contribution in [0.15, 0.2) is 29.2 Å². The van der Waals surface area contributed by atoms with Crippen LogP contribution in [0, 0.1) is 5.92 Å². The molecule has 104 valence electrons. The second kappa shape index (κ2) is 6.96. The molecule has 0 radical (unpaired) electrons. The van der Waals surface area contributed by atoms with Crippen LogP contribution >= 0.6 is 11.8 Å². The van der Waals surface area contributed by atoms with E-state index < -0.39 is 5.97 Å². The van der Waals surface area contributed by atoms with Crippen LogP contribution in [0.4, 0.5) is 0 Å². The number of hydrogen-bond donors (Lipinski definition) is 2. The summed E-state index contributed by atoms with van der Waals surface area (Å²) in [5.41, 5.74) is 1.37. The van der Waals surface area contributed by atoms with Crippen LogP contribution in [-0.4, -0.2) is 29.9 Å². The first-order valence-corrected chi connectivity index (χ1v) is 8.00.